The molecule has 20 heavy (non-hydrogen) atoms. The lowest BCUT2D eigenvalue weighted by Gasteiger charge is -2.20. The molecular formula is C15H14ClNO3. The maximum absolute atomic E-state index is 5.95. The summed E-state index contributed by atoms with van der Waals surface area (Å²) in [5.41, 5.74) is 7.45. The Balaban J connectivity index is 1.77. The van der Waals surface area contributed by atoms with E-state index in [4.69, 9.17) is 31.5 Å². The van der Waals surface area contributed by atoms with Crippen LogP contribution in [0, 0.1) is 0 Å². The fraction of sp³-hybridized carbons (Fsp3) is 0.200. The maximum Gasteiger partial charge on any atom is 0.165 e. The summed E-state index contributed by atoms with van der Waals surface area (Å²) >= 11 is 5.94. The number of nitrogens with two attached hydrogens (primary N) is 1. The van der Waals surface area contributed by atoms with Crippen LogP contribution in [-0.4, -0.2) is 13.2 Å². The number of fused-ring (bicyclic) bond motifs is 1. The SMILES string of the molecule is Nc1cc2c(cc1OCc1cccc(Cl)c1)OCCO2. The highest BCUT2D eigenvalue weighted by atomic mass is 35.5. The Hall–Kier alpha value is -2.07. The summed E-state index contributed by atoms with van der Waals surface area (Å²) in [6, 6.07) is 11.0. The number of halogens is 1. The summed E-state index contributed by atoms with van der Waals surface area (Å²) in [5, 5.41) is 0.682. The van der Waals surface area contributed by atoms with Gasteiger partial charge in [0.25, 0.3) is 0 Å². The molecule has 1 aliphatic heterocycles. The topological polar surface area (TPSA) is 53.7 Å². The molecule has 0 radical (unpaired) electrons. The van der Waals surface area contributed by atoms with Crippen molar-refractivity contribution in [1.29, 1.82) is 0 Å². The number of hydrogen-bond donors (Lipinski definition) is 1. The van der Waals surface area contributed by atoms with Crippen LogP contribution in [0.3, 0.4) is 0 Å². The Labute approximate surface area is 122 Å². The van der Waals surface area contributed by atoms with E-state index in [0.717, 1.165) is 5.56 Å². The van der Waals surface area contributed by atoms with E-state index < -0.39 is 0 Å². The van der Waals surface area contributed by atoms with E-state index in [1.807, 2.05) is 24.3 Å². The Morgan fingerprint density at radius 3 is 2.60 bits per heavy atom. The molecule has 1 heterocycles. The third kappa shape index (κ3) is 2.75. The van der Waals surface area contributed by atoms with Crippen LogP contribution < -0.4 is 19.9 Å². The number of nitrogen functional groups attached to an aromatic ring is 1. The monoisotopic (exact) mass is 291 g/mol. The smallest absolute Gasteiger partial charge is 0.165 e. The van der Waals surface area contributed by atoms with Crippen molar-refractivity contribution in [2.75, 3.05) is 18.9 Å². The van der Waals surface area contributed by atoms with E-state index in [1.165, 1.54) is 0 Å². The van der Waals surface area contributed by atoms with Gasteiger partial charge >= 0.3 is 0 Å². The van der Waals surface area contributed by atoms with Crippen molar-refractivity contribution in [2.24, 2.45) is 0 Å². The molecule has 0 aromatic heterocycles. The fourth-order valence-corrected chi connectivity index (χ4v) is 2.21. The molecule has 0 saturated carbocycles. The second-order valence-electron chi connectivity index (χ2n) is 4.45. The van der Waals surface area contributed by atoms with Crippen molar-refractivity contribution < 1.29 is 14.2 Å². The number of anilines is 1. The van der Waals surface area contributed by atoms with Crippen molar-refractivity contribution >= 4 is 17.3 Å². The van der Waals surface area contributed by atoms with Crippen LogP contribution in [0.25, 0.3) is 0 Å². The molecule has 0 fully saturated rings. The van der Waals surface area contributed by atoms with Crippen molar-refractivity contribution in [3.05, 3.63) is 47.0 Å². The van der Waals surface area contributed by atoms with Gasteiger partial charge in [-0.2, -0.15) is 0 Å². The van der Waals surface area contributed by atoms with E-state index in [2.05, 4.69) is 0 Å². The van der Waals surface area contributed by atoms with Gasteiger partial charge in [0.15, 0.2) is 11.5 Å². The molecule has 0 amide bonds. The van der Waals surface area contributed by atoms with E-state index in [-0.39, 0.29) is 0 Å². The van der Waals surface area contributed by atoms with E-state index in [0.29, 0.717) is 47.8 Å². The zero-order valence-electron chi connectivity index (χ0n) is 10.8. The minimum absolute atomic E-state index is 0.393. The van der Waals surface area contributed by atoms with Crippen LogP contribution in [0.4, 0.5) is 5.69 Å². The minimum Gasteiger partial charge on any atom is -0.487 e. The van der Waals surface area contributed by atoms with Crippen LogP contribution in [-0.2, 0) is 6.61 Å². The first kappa shape index (κ1) is 12.9. The number of hydrogen-bond acceptors (Lipinski definition) is 4. The van der Waals surface area contributed by atoms with Crippen LogP contribution in [0.2, 0.25) is 5.02 Å². The molecule has 2 N–H and O–H groups in total. The molecular weight excluding hydrogens is 278 g/mol. The highest BCUT2D eigenvalue weighted by Crippen LogP contribution is 2.38. The van der Waals surface area contributed by atoms with Gasteiger partial charge in [-0.1, -0.05) is 23.7 Å². The Morgan fingerprint density at radius 2 is 1.85 bits per heavy atom. The Morgan fingerprint density at radius 1 is 1.10 bits per heavy atom. The highest BCUT2D eigenvalue weighted by molar-refractivity contribution is 6.30. The Kier molecular flexibility index (Phi) is 3.56. The number of ether oxygens (including phenoxy) is 3. The molecule has 0 spiro atoms. The molecule has 2 aromatic carbocycles. The van der Waals surface area contributed by atoms with Gasteiger partial charge in [-0.25, -0.2) is 0 Å². The van der Waals surface area contributed by atoms with E-state index in [9.17, 15) is 0 Å². The summed E-state index contributed by atoms with van der Waals surface area (Å²) in [6.07, 6.45) is 0. The van der Waals surface area contributed by atoms with Gasteiger partial charge in [0.2, 0.25) is 0 Å². The summed E-state index contributed by atoms with van der Waals surface area (Å²) in [4.78, 5) is 0. The van der Waals surface area contributed by atoms with Crippen LogP contribution in [0.5, 0.6) is 17.2 Å². The van der Waals surface area contributed by atoms with E-state index >= 15 is 0 Å². The standard InChI is InChI=1S/C15H14ClNO3/c16-11-3-1-2-10(6-11)9-20-13-8-15-14(7-12(13)17)18-4-5-19-15/h1-3,6-8H,4-5,9,17H2. The van der Waals surface area contributed by atoms with Crippen molar-refractivity contribution in [3.63, 3.8) is 0 Å². The summed E-state index contributed by atoms with van der Waals surface area (Å²) < 4.78 is 16.7. The summed E-state index contributed by atoms with van der Waals surface area (Å²) in [5.74, 6) is 1.89. The van der Waals surface area contributed by atoms with Gasteiger partial charge in [0.1, 0.15) is 25.6 Å². The van der Waals surface area contributed by atoms with Gasteiger partial charge in [0, 0.05) is 17.2 Å². The second-order valence-corrected chi connectivity index (χ2v) is 4.89. The van der Waals surface area contributed by atoms with Crippen LogP contribution in [0.1, 0.15) is 5.56 Å². The number of benzene rings is 2. The van der Waals surface area contributed by atoms with Crippen molar-refractivity contribution in [3.8, 4) is 17.2 Å². The van der Waals surface area contributed by atoms with Crippen molar-refractivity contribution in [1.82, 2.24) is 0 Å². The lowest BCUT2D eigenvalue weighted by atomic mass is 10.2. The Bertz CT molecular complexity index is 631. The fourth-order valence-electron chi connectivity index (χ4n) is 2.00. The quantitative estimate of drug-likeness (QED) is 0.882. The first-order valence-electron chi connectivity index (χ1n) is 6.29. The predicted octanol–water partition coefficient (Wildman–Crippen LogP) is 3.27. The summed E-state index contributed by atoms with van der Waals surface area (Å²) in [6.45, 7) is 1.46. The van der Waals surface area contributed by atoms with Gasteiger partial charge in [-0.3, -0.25) is 0 Å². The molecule has 2 aromatic rings. The maximum atomic E-state index is 5.95. The van der Waals surface area contributed by atoms with Crippen molar-refractivity contribution in [2.45, 2.75) is 6.61 Å². The van der Waals surface area contributed by atoms with Crippen LogP contribution in [0.15, 0.2) is 36.4 Å². The lowest BCUT2D eigenvalue weighted by Crippen LogP contribution is -2.15. The molecule has 3 rings (SSSR count). The van der Waals surface area contributed by atoms with E-state index in [1.54, 1.807) is 12.1 Å². The first-order valence-corrected chi connectivity index (χ1v) is 6.66. The predicted molar refractivity (Wildman–Crippen MR) is 77.6 cm³/mol. The van der Waals surface area contributed by atoms with Gasteiger partial charge in [-0.15, -0.1) is 0 Å². The molecule has 0 bridgehead atoms. The molecule has 104 valence electrons. The molecule has 5 heteroatoms. The molecule has 0 aliphatic carbocycles. The highest BCUT2D eigenvalue weighted by Gasteiger charge is 2.15. The minimum atomic E-state index is 0.393. The average molecular weight is 292 g/mol. The molecule has 1 aliphatic rings. The largest absolute Gasteiger partial charge is 0.487 e. The van der Waals surface area contributed by atoms with Crippen LogP contribution >= 0.6 is 11.6 Å². The number of rotatable bonds is 3. The zero-order chi connectivity index (χ0) is 13.9. The third-order valence-corrected chi connectivity index (χ3v) is 3.19. The molecule has 4 nitrogen and oxygen atoms in total. The molecule has 0 unspecified atom stereocenters. The summed E-state index contributed by atoms with van der Waals surface area (Å²) in [7, 11) is 0. The second kappa shape index (κ2) is 5.51. The average Bonchev–Trinajstić information content (AvgIpc) is 2.45. The molecule has 0 saturated heterocycles. The molecule has 0 atom stereocenters. The third-order valence-electron chi connectivity index (χ3n) is 2.96. The van der Waals surface area contributed by atoms with Gasteiger partial charge < -0.3 is 19.9 Å². The normalized spacial score (nSPS) is 13.1. The lowest BCUT2D eigenvalue weighted by molar-refractivity contribution is 0.170. The first-order chi connectivity index (χ1) is 9.72. The van der Waals surface area contributed by atoms with Gasteiger partial charge in [0.05, 0.1) is 5.69 Å². The zero-order valence-corrected chi connectivity index (χ0v) is 11.5. The van der Waals surface area contributed by atoms with Gasteiger partial charge in [-0.05, 0) is 17.7 Å².